The molecule has 63 heavy (non-hydrogen) atoms. The van der Waals surface area contributed by atoms with E-state index >= 15 is 0 Å². The Morgan fingerprint density at radius 1 is 0.302 bits per heavy atom. The van der Waals surface area contributed by atoms with Crippen molar-refractivity contribution in [1.82, 2.24) is 24.1 Å². The second-order valence-electron chi connectivity index (χ2n) is 16.0. The summed E-state index contributed by atoms with van der Waals surface area (Å²) in [5, 5.41) is 7.42. The molecule has 4 heterocycles. The molecule has 4 aromatic heterocycles. The molecule has 0 aliphatic rings. The van der Waals surface area contributed by atoms with Crippen LogP contribution in [0.4, 0.5) is 0 Å². The Balaban J connectivity index is 1.01. The third kappa shape index (κ3) is 5.73. The van der Waals surface area contributed by atoms with Gasteiger partial charge in [-0.2, -0.15) is 0 Å². The molecule has 0 atom stereocenters. The van der Waals surface area contributed by atoms with Gasteiger partial charge < -0.3 is 9.13 Å². The average molecular weight is 822 g/mol. The number of hydrogen-bond acceptors (Lipinski definition) is 4. The SMILES string of the molecule is c1ccc(-c2ccc(-c3nc(-c4ccccc4)nc(-c4ccc5c6ccc7c8cc(-n9c%10ccccc%10c%10ccccc%109)ccc8sc7c6n(-c6ccccc6)c5c4)n3)cc2)cc1. The Bertz CT molecular complexity index is 3830. The number of rotatable bonds is 6. The van der Waals surface area contributed by atoms with E-state index in [1.54, 1.807) is 0 Å². The van der Waals surface area contributed by atoms with E-state index in [1.165, 1.54) is 63.8 Å². The van der Waals surface area contributed by atoms with Gasteiger partial charge in [0.25, 0.3) is 0 Å². The fourth-order valence-electron chi connectivity index (χ4n) is 9.44. The number of nitrogens with zero attached hydrogens (tertiary/aromatic N) is 5. The van der Waals surface area contributed by atoms with E-state index in [1.807, 2.05) is 35.6 Å². The van der Waals surface area contributed by atoms with Crippen LogP contribution in [0, 0.1) is 0 Å². The zero-order valence-electron chi connectivity index (χ0n) is 33.9. The number of fused-ring (bicyclic) bond motifs is 10. The van der Waals surface area contributed by atoms with Crippen LogP contribution in [-0.2, 0) is 0 Å². The maximum atomic E-state index is 5.18. The van der Waals surface area contributed by atoms with Crippen LogP contribution in [-0.4, -0.2) is 24.1 Å². The van der Waals surface area contributed by atoms with Gasteiger partial charge in [0.1, 0.15) is 0 Å². The summed E-state index contributed by atoms with van der Waals surface area (Å²) in [4.78, 5) is 15.4. The number of thiophene rings is 1. The maximum Gasteiger partial charge on any atom is 0.164 e. The Kier molecular flexibility index (Phi) is 8.01. The molecule has 13 rings (SSSR count). The van der Waals surface area contributed by atoms with Gasteiger partial charge in [-0.1, -0.05) is 164 Å². The van der Waals surface area contributed by atoms with Crippen molar-refractivity contribution in [2.45, 2.75) is 0 Å². The fourth-order valence-corrected chi connectivity index (χ4v) is 10.7. The molecule has 0 aliphatic carbocycles. The molecule has 5 nitrogen and oxygen atoms in total. The predicted molar refractivity (Wildman–Crippen MR) is 263 cm³/mol. The first-order valence-corrected chi connectivity index (χ1v) is 22.0. The van der Waals surface area contributed by atoms with E-state index in [0.29, 0.717) is 17.5 Å². The van der Waals surface area contributed by atoms with E-state index in [2.05, 4.69) is 197 Å². The molecule has 294 valence electrons. The van der Waals surface area contributed by atoms with Crippen LogP contribution >= 0.6 is 11.3 Å². The van der Waals surface area contributed by atoms with Gasteiger partial charge in [0.05, 0.1) is 26.8 Å². The molecule has 0 bridgehead atoms. The zero-order valence-corrected chi connectivity index (χ0v) is 34.7. The maximum absolute atomic E-state index is 5.18. The highest BCUT2D eigenvalue weighted by Gasteiger charge is 2.21. The van der Waals surface area contributed by atoms with Crippen LogP contribution in [0.25, 0.3) is 120 Å². The smallest absolute Gasteiger partial charge is 0.164 e. The molecule has 9 aromatic carbocycles. The van der Waals surface area contributed by atoms with Crippen molar-refractivity contribution in [2.75, 3.05) is 0 Å². The normalized spacial score (nSPS) is 11.8. The Morgan fingerprint density at radius 3 is 1.48 bits per heavy atom. The van der Waals surface area contributed by atoms with E-state index < -0.39 is 0 Å². The Morgan fingerprint density at radius 2 is 0.794 bits per heavy atom. The van der Waals surface area contributed by atoms with E-state index in [9.17, 15) is 0 Å². The quantitative estimate of drug-likeness (QED) is 0.168. The van der Waals surface area contributed by atoms with Gasteiger partial charge in [0.15, 0.2) is 17.5 Å². The highest BCUT2D eigenvalue weighted by Crippen LogP contribution is 2.45. The van der Waals surface area contributed by atoms with Gasteiger partial charge in [-0.05, 0) is 59.7 Å². The lowest BCUT2D eigenvalue weighted by Gasteiger charge is -2.11. The summed E-state index contributed by atoms with van der Waals surface area (Å²) >= 11 is 1.86. The lowest BCUT2D eigenvalue weighted by atomic mass is 10.0. The summed E-state index contributed by atoms with van der Waals surface area (Å²) in [7, 11) is 0. The number of benzene rings is 9. The highest BCUT2D eigenvalue weighted by molar-refractivity contribution is 7.26. The number of hydrogen-bond donors (Lipinski definition) is 0. The molecular formula is C57H35N5S. The minimum atomic E-state index is 0.627. The molecule has 0 amide bonds. The molecule has 0 spiro atoms. The number of para-hydroxylation sites is 3. The van der Waals surface area contributed by atoms with Crippen LogP contribution < -0.4 is 0 Å². The van der Waals surface area contributed by atoms with Crippen LogP contribution in [0.1, 0.15) is 0 Å². The van der Waals surface area contributed by atoms with Gasteiger partial charge >= 0.3 is 0 Å². The summed E-state index contributed by atoms with van der Waals surface area (Å²) in [6, 6.07) is 75.5. The Hall–Kier alpha value is -8.19. The second kappa shape index (κ2) is 14.2. The first-order valence-electron chi connectivity index (χ1n) is 21.2. The molecule has 13 aromatic rings. The average Bonchev–Trinajstić information content (AvgIpc) is 4.02. The second-order valence-corrected chi connectivity index (χ2v) is 17.1. The molecular weight excluding hydrogens is 787 g/mol. The largest absolute Gasteiger partial charge is 0.309 e. The van der Waals surface area contributed by atoms with Crippen molar-refractivity contribution >= 4 is 75.1 Å². The van der Waals surface area contributed by atoms with Crippen LogP contribution in [0.2, 0.25) is 0 Å². The van der Waals surface area contributed by atoms with Gasteiger partial charge in [0, 0.05) is 65.1 Å². The summed E-state index contributed by atoms with van der Waals surface area (Å²) in [5.41, 5.74) is 12.1. The van der Waals surface area contributed by atoms with E-state index in [-0.39, 0.29) is 0 Å². The zero-order chi connectivity index (χ0) is 41.4. The molecule has 0 N–H and O–H groups in total. The summed E-state index contributed by atoms with van der Waals surface area (Å²) in [6.45, 7) is 0. The first-order chi connectivity index (χ1) is 31.2. The van der Waals surface area contributed by atoms with Gasteiger partial charge in [0.2, 0.25) is 0 Å². The van der Waals surface area contributed by atoms with Gasteiger partial charge in [-0.25, -0.2) is 15.0 Å². The molecule has 0 radical (unpaired) electrons. The fraction of sp³-hybridized carbons (Fsp3) is 0. The van der Waals surface area contributed by atoms with Gasteiger partial charge in [-0.15, -0.1) is 11.3 Å². The molecule has 0 aliphatic heterocycles. The predicted octanol–water partition coefficient (Wildman–Crippen LogP) is 15.1. The van der Waals surface area contributed by atoms with Crippen molar-refractivity contribution in [2.24, 2.45) is 0 Å². The van der Waals surface area contributed by atoms with Crippen LogP contribution in [0.15, 0.2) is 212 Å². The topological polar surface area (TPSA) is 48.5 Å². The van der Waals surface area contributed by atoms with E-state index in [4.69, 9.17) is 15.0 Å². The lowest BCUT2D eigenvalue weighted by Crippen LogP contribution is -2.00. The molecule has 0 saturated carbocycles. The molecule has 0 unspecified atom stereocenters. The molecule has 6 heteroatoms. The summed E-state index contributed by atoms with van der Waals surface area (Å²) in [6.07, 6.45) is 0. The third-order valence-electron chi connectivity index (χ3n) is 12.4. The Labute approximate surface area is 366 Å². The van der Waals surface area contributed by atoms with Crippen LogP contribution in [0.3, 0.4) is 0 Å². The highest BCUT2D eigenvalue weighted by atomic mass is 32.1. The first kappa shape index (κ1) is 35.6. The van der Waals surface area contributed by atoms with Crippen molar-refractivity contribution < 1.29 is 0 Å². The lowest BCUT2D eigenvalue weighted by molar-refractivity contribution is 1.07. The van der Waals surface area contributed by atoms with Crippen LogP contribution in [0.5, 0.6) is 0 Å². The van der Waals surface area contributed by atoms with Crippen molar-refractivity contribution in [3.05, 3.63) is 212 Å². The standard InChI is InChI=1S/C57H35N5S/c1-4-14-36(15-5-1)37-24-26-39(27-25-37)56-58-55(38-16-6-2-7-17-38)59-57(60-56)40-28-30-45-46-31-32-47-48-35-42(61-49-22-12-10-20-43(49)44-21-11-13-23-50(44)61)29-33-52(48)63-54(47)53(46)62(51(45)34-40)41-18-8-3-9-19-41/h1-35H. The summed E-state index contributed by atoms with van der Waals surface area (Å²) in [5.74, 6) is 1.90. The number of aromatic nitrogens is 5. The minimum Gasteiger partial charge on any atom is -0.309 e. The minimum absolute atomic E-state index is 0.627. The monoisotopic (exact) mass is 821 g/mol. The third-order valence-corrected chi connectivity index (χ3v) is 13.6. The van der Waals surface area contributed by atoms with Crippen molar-refractivity contribution in [3.63, 3.8) is 0 Å². The molecule has 0 saturated heterocycles. The van der Waals surface area contributed by atoms with Gasteiger partial charge in [-0.3, -0.25) is 0 Å². The van der Waals surface area contributed by atoms with Crippen molar-refractivity contribution in [3.8, 4) is 56.7 Å². The van der Waals surface area contributed by atoms with Crippen molar-refractivity contribution in [1.29, 1.82) is 0 Å². The molecule has 0 fully saturated rings. The summed E-state index contributed by atoms with van der Waals surface area (Å²) < 4.78 is 7.36. The van der Waals surface area contributed by atoms with E-state index in [0.717, 1.165) is 39.1 Å².